The van der Waals surface area contributed by atoms with Gasteiger partial charge in [-0.2, -0.15) is 0 Å². The number of ketones is 1. The van der Waals surface area contributed by atoms with Crippen LogP contribution in [0.4, 0.5) is 0 Å². The van der Waals surface area contributed by atoms with Crippen LogP contribution in [0.3, 0.4) is 0 Å². The Morgan fingerprint density at radius 2 is 1.64 bits per heavy atom. The summed E-state index contributed by atoms with van der Waals surface area (Å²) in [5.41, 5.74) is 2.07. The fraction of sp³-hybridized carbons (Fsp3) is 0.214. The molecular weight excluding hydrogens is 526 g/mol. The summed E-state index contributed by atoms with van der Waals surface area (Å²) < 4.78 is 16.9. The number of likely N-dealkylation sites (tertiary alicyclic amines) is 1. The molecule has 1 aliphatic heterocycles. The van der Waals surface area contributed by atoms with E-state index in [9.17, 15) is 14.7 Å². The molecule has 186 valence electrons. The fourth-order valence-corrected chi connectivity index (χ4v) is 4.58. The molecule has 3 aromatic carbocycles. The summed E-state index contributed by atoms with van der Waals surface area (Å²) in [4.78, 5) is 28.0. The summed E-state index contributed by atoms with van der Waals surface area (Å²) in [5, 5.41) is 11.2. The van der Waals surface area contributed by atoms with Crippen LogP contribution in [0.2, 0.25) is 0 Å². The van der Waals surface area contributed by atoms with Gasteiger partial charge < -0.3 is 24.2 Å². The number of hydrogen-bond donors (Lipinski definition) is 1. The third-order valence-corrected chi connectivity index (χ3v) is 6.69. The van der Waals surface area contributed by atoms with Crippen LogP contribution in [0.5, 0.6) is 17.2 Å². The van der Waals surface area contributed by atoms with E-state index in [1.165, 1.54) is 4.90 Å². The van der Waals surface area contributed by atoms with Crippen molar-refractivity contribution in [1.29, 1.82) is 0 Å². The molecule has 1 N–H and O–H groups in total. The van der Waals surface area contributed by atoms with Gasteiger partial charge in [-0.05, 0) is 53.9 Å². The molecule has 1 amide bonds. The molecule has 0 aliphatic carbocycles. The molecule has 0 radical (unpaired) electrons. The van der Waals surface area contributed by atoms with E-state index in [0.29, 0.717) is 34.8 Å². The number of halogens is 1. The molecule has 1 fully saturated rings. The molecule has 8 heteroatoms. The van der Waals surface area contributed by atoms with Gasteiger partial charge in [0.15, 0.2) is 11.5 Å². The van der Waals surface area contributed by atoms with E-state index in [1.54, 1.807) is 69.9 Å². The highest BCUT2D eigenvalue weighted by atomic mass is 79.9. The Balaban J connectivity index is 1.75. The minimum absolute atomic E-state index is 0.0443. The van der Waals surface area contributed by atoms with Gasteiger partial charge in [-0.3, -0.25) is 9.59 Å². The molecule has 0 saturated carbocycles. The Morgan fingerprint density at radius 1 is 0.917 bits per heavy atom. The lowest BCUT2D eigenvalue weighted by molar-refractivity contribution is -0.139. The van der Waals surface area contributed by atoms with E-state index in [1.807, 2.05) is 18.2 Å². The maximum Gasteiger partial charge on any atom is 0.295 e. The first-order valence-electron chi connectivity index (χ1n) is 11.3. The topological polar surface area (TPSA) is 85.3 Å². The van der Waals surface area contributed by atoms with Gasteiger partial charge in [-0.15, -0.1) is 0 Å². The standard InChI is InChI=1S/C28H26BrNO6/c1-34-21-6-4-5-19(16-21)25-24(26(31)18-8-10-20(29)11-9-18)27(32)28(33)30(25)14-13-17-7-12-22(35-2)23(15-17)36-3/h4-12,15-16,25,31H,13-14H2,1-3H3/b26-24+. The molecule has 0 aromatic heterocycles. The SMILES string of the molecule is COc1cccc(C2/C(=C(\O)c3ccc(Br)cc3)C(=O)C(=O)N2CCc2ccc(OC)c(OC)c2)c1. The van der Waals surface area contributed by atoms with Crippen molar-refractivity contribution < 1.29 is 28.9 Å². The van der Waals surface area contributed by atoms with E-state index in [-0.39, 0.29) is 17.9 Å². The van der Waals surface area contributed by atoms with Crippen molar-refractivity contribution in [2.75, 3.05) is 27.9 Å². The number of ether oxygens (including phenoxy) is 3. The molecule has 7 nitrogen and oxygen atoms in total. The second kappa shape index (κ2) is 10.9. The number of carbonyl (C=O) groups excluding carboxylic acids is 2. The van der Waals surface area contributed by atoms with E-state index < -0.39 is 17.7 Å². The van der Waals surface area contributed by atoms with Crippen molar-refractivity contribution in [3.63, 3.8) is 0 Å². The molecule has 1 atom stereocenters. The lowest BCUT2D eigenvalue weighted by atomic mass is 9.95. The number of hydrogen-bond acceptors (Lipinski definition) is 6. The van der Waals surface area contributed by atoms with Crippen LogP contribution >= 0.6 is 15.9 Å². The number of aliphatic hydroxyl groups excluding tert-OH is 1. The van der Waals surface area contributed by atoms with E-state index in [4.69, 9.17) is 14.2 Å². The first-order chi connectivity index (χ1) is 17.4. The highest BCUT2D eigenvalue weighted by Crippen LogP contribution is 2.40. The van der Waals surface area contributed by atoms with Gasteiger partial charge in [0.1, 0.15) is 11.5 Å². The Hall–Kier alpha value is -3.78. The lowest BCUT2D eigenvalue weighted by Gasteiger charge is -2.26. The maximum absolute atomic E-state index is 13.2. The zero-order valence-electron chi connectivity index (χ0n) is 20.2. The fourth-order valence-electron chi connectivity index (χ4n) is 4.32. The second-order valence-corrected chi connectivity index (χ2v) is 9.13. The number of Topliss-reactive ketones (excluding diaryl/α,β-unsaturated/α-hetero) is 1. The van der Waals surface area contributed by atoms with Gasteiger partial charge in [0.25, 0.3) is 11.7 Å². The number of aliphatic hydroxyl groups is 1. The summed E-state index contributed by atoms with van der Waals surface area (Å²) in [5.74, 6) is 0.158. The van der Waals surface area contributed by atoms with Gasteiger partial charge in [-0.1, -0.05) is 46.3 Å². The third kappa shape index (κ3) is 4.95. The van der Waals surface area contributed by atoms with Crippen LogP contribution in [-0.4, -0.2) is 49.6 Å². The maximum atomic E-state index is 13.2. The predicted molar refractivity (Wildman–Crippen MR) is 139 cm³/mol. The van der Waals surface area contributed by atoms with Crippen LogP contribution in [0, 0.1) is 0 Å². The van der Waals surface area contributed by atoms with Gasteiger partial charge >= 0.3 is 0 Å². The van der Waals surface area contributed by atoms with Crippen molar-refractivity contribution in [3.05, 3.63) is 93.5 Å². The number of carbonyl (C=O) groups is 2. The number of amides is 1. The average molecular weight is 552 g/mol. The molecular formula is C28H26BrNO6. The average Bonchev–Trinajstić information content (AvgIpc) is 3.16. The summed E-state index contributed by atoms with van der Waals surface area (Å²) in [6.07, 6.45) is 0.464. The van der Waals surface area contributed by atoms with E-state index in [2.05, 4.69) is 15.9 Å². The van der Waals surface area contributed by atoms with Gasteiger partial charge in [-0.25, -0.2) is 0 Å². The van der Waals surface area contributed by atoms with E-state index >= 15 is 0 Å². The molecule has 4 rings (SSSR count). The first kappa shape index (κ1) is 25.3. The second-order valence-electron chi connectivity index (χ2n) is 8.22. The van der Waals surface area contributed by atoms with Crippen LogP contribution in [0.25, 0.3) is 5.76 Å². The van der Waals surface area contributed by atoms with Crippen molar-refractivity contribution in [1.82, 2.24) is 4.90 Å². The smallest absolute Gasteiger partial charge is 0.295 e. The molecule has 3 aromatic rings. The molecule has 1 unspecified atom stereocenters. The highest BCUT2D eigenvalue weighted by Gasteiger charge is 2.46. The Labute approximate surface area is 218 Å². The summed E-state index contributed by atoms with van der Waals surface area (Å²) >= 11 is 3.38. The Bertz CT molecular complexity index is 1320. The van der Waals surface area contributed by atoms with Crippen molar-refractivity contribution in [3.8, 4) is 17.2 Å². The number of nitrogens with zero attached hydrogens (tertiary/aromatic N) is 1. The largest absolute Gasteiger partial charge is 0.507 e. The minimum atomic E-state index is -0.774. The Kier molecular flexibility index (Phi) is 7.64. The van der Waals surface area contributed by atoms with Crippen molar-refractivity contribution >= 4 is 33.4 Å². The molecule has 1 aliphatic rings. The number of rotatable bonds is 8. The lowest BCUT2D eigenvalue weighted by Crippen LogP contribution is -2.31. The molecule has 36 heavy (non-hydrogen) atoms. The minimum Gasteiger partial charge on any atom is -0.507 e. The van der Waals surface area contributed by atoms with Crippen LogP contribution in [-0.2, 0) is 16.0 Å². The van der Waals surface area contributed by atoms with Gasteiger partial charge in [0.05, 0.1) is 32.9 Å². The van der Waals surface area contributed by atoms with Crippen molar-refractivity contribution in [2.24, 2.45) is 0 Å². The summed E-state index contributed by atoms with van der Waals surface area (Å²) in [6.45, 7) is 0.249. The third-order valence-electron chi connectivity index (χ3n) is 6.16. The van der Waals surface area contributed by atoms with Crippen LogP contribution in [0.15, 0.2) is 76.8 Å². The predicted octanol–water partition coefficient (Wildman–Crippen LogP) is 5.14. The monoisotopic (exact) mass is 551 g/mol. The van der Waals surface area contributed by atoms with Crippen LogP contribution < -0.4 is 14.2 Å². The van der Waals surface area contributed by atoms with Gasteiger partial charge in [0, 0.05) is 16.6 Å². The van der Waals surface area contributed by atoms with E-state index in [0.717, 1.165) is 10.0 Å². The number of benzene rings is 3. The molecule has 0 bridgehead atoms. The molecule has 1 heterocycles. The normalized spacial score (nSPS) is 16.8. The van der Waals surface area contributed by atoms with Crippen LogP contribution in [0.1, 0.15) is 22.7 Å². The quantitative estimate of drug-likeness (QED) is 0.237. The summed E-state index contributed by atoms with van der Waals surface area (Å²) in [7, 11) is 4.68. The van der Waals surface area contributed by atoms with Crippen molar-refractivity contribution in [2.45, 2.75) is 12.5 Å². The zero-order chi connectivity index (χ0) is 25.8. The number of methoxy groups -OCH3 is 3. The highest BCUT2D eigenvalue weighted by molar-refractivity contribution is 9.10. The molecule has 0 spiro atoms. The zero-order valence-corrected chi connectivity index (χ0v) is 21.7. The summed E-state index contributed by atoms with van der Waals surface area (Å²) in [6, 6.07) is 18.9. The van der Waals surface area contributed by atoms with Gasteiger partial charge in [0.2, 0.25) is 0 Å². The Morgan fingerprint density at radius 3 is 2.31 bits per heavy atom. The first-order valence-corrected chi connectivity index (χ1v) is 12.1. The molecule has 1 saturated heterocycles.